The fourth-order valence-electron chi connectivity index (χ4n) is 3.07. The Hall–Kier alpha value is -1.66. The number of fused-ring (bicyclic) bond motifs is 1. The summed E-state index contributed by atoms with van der Waals surface area (Å²) < 4.78 is 0.870. The number of carbonyl (C=O) groups excluding carboxylic acids is 1. The third kappa shape index (κ3) is 2.80. The van der Waals surface area contributed by atoms with Crippen LogP contribution in [0.15, 0.2) is 33.5 Å². The van der Waals surface area contributed by atoms with Gasteiger partial charge in [-0.05, 0) is 37.5 Å². The van der Waals surface area contributed by atoms with Crippen molar-refractivity contribution in [3.05, 3.63) is 44.7 Å². The smallest absolute Gasteiger partial charge is 0.255 e. The van der Waals surface area contributed by atoms with Crippen molar-refractivity contribution in [2.45, 2.75) is 25.3 Å². The number of aromatic amines is 1. The van der Waals surface area contributed by atoms with Gasteiger partial charge in [-0.3, -0.25) is 9.59 Å². The Morgan fingerprint density at radius 3 is 2.95 bits per heavy atom. The van der Waals surface area contributed by atoms with E-state index in [2.05, 4.69) is 20.9 Å². The lowest BCUT2D eigenvalue weighted by Gasteiger charge is -2.35. The number of halogens is 1. The standard InChI is InChI=1S/C16H18BrN3O2/c17-10-4-5-14-12(7-10)13(8-15(21)19-14)16(22)20-6-2-1-3-11(20)9-18/h4-5,7-8,11H,1-3,6,9,18H2,(H,19,21). The number of aromatic nitrogens is 1. The number of pyridine rings is 1. The molecule has 1 aliphatic heterocycles. The molecular formula is C16H18BrN3O2. The molecule has 1 fully saturated rings. The van der Waals surface area contributed by atoms with E-state index in [1.165, 1.54) is 6.07 Å². The largest absolute Gasteiger partial charge is 0.334 e. The van der Waals surface area contributed by atoms with Gasteiger partial charge < -0.3 is 15.6 Å². The Morgan fingerprint density at radius 1 is 1.36 bits per heavy atom. The van der Waals surface area contributed by atoms with Gasteiger partial charge in [-0.1, -0.05) is 15.9 Å². The van der Waals surface area contributed by atoms with E-state index in [4.69, 9.17) is 5.73 Å². The molecule has 1 saturated heterocycles. The third-order valence-electron chi connectivity index (χ3n) is 4.20. The Kier molecular flexibility index (Phi) is 4.31. The number of piperidine rings is 1. The summed E-state index contributed by atoms with van der Waals surface area (Å²) in [4.78, 5) is 29.4. The summed E-state index contributed by atoms with van der Waals surface area (Å²) in [5, 5.41) is 0.750. The first kappa shape index (κ1) is 15.2. The second-order valence-electron chi connectivity index (χ2n) is 5.62. The fourth-order valence-corrected chi connectivity index (χ4v) is 3.43. The monoisotopic (exact) mass is 363 g/mol. The van der Waals surface area contributed by atoms with Gasteiger partial charge in [0.25, 0.3) is 5.91 Å². The average molecular weight is 364 g/mol. The summed E-state index contributed by atoms with van der Waals surface area (Å²) in [6, 6.07) is 6.95. The number of amides is 1. The van der Waals surface area contributed by atoms with E-state index < -0.39 is 0 Å². The zero-order valence-corrected chi connectivity index (χ0v) is 13.7. The maximum atomic E-state index is 12.9. The molecule has 3 N–H and O–H groups in total. The molecule has 1 aliphatic rings. The van der Waals surface area contributed by atoms with Crippen LogP contribution in [0.4, 0.5) is 0 Å². The molecule has 1 amide bonds. The van der Waals surface area contributed by atoms with E-state index >= 15 is 0 Å². The van der Waals surface area contributed by atoms with Crippen LogP contribution >= 0.6 is 15.9 Å². The number of hydrogen-bond acceptors (Lipinski definition) is 3. The zero-order valence-electron chi connectivity index (χ0n) is 12.1. The van der Waals surface area contributed by atoms with Crippen molar-refractivity contribution in [1.82, 2.24) is 9.88 Å². The van der Waals surface area contributed by atoms with Crippen molar-refractivity contribution >= 4 is 32.7 Å². The van der Waals surface area contributed by atoms with E-state index in [0.717, 1.165) is 29.1 Å². The van der Waals surface area contributed by atoms with Crippen LogP contribution in [-0.2, 0) is 0 Å². The summed E-state index contributed by atoms with van der Waals surface area (Å²) in [7, 11) is 0. The molecule has 116 valence electrons. The Bertz CT molecular complexity index is 772. The van der Waals surface area contributed by atoms with Crippen LogP contribution in [0.2, 0.25) is 0 Å². The summed E-state index contributed by atoms with van der Waals surface area (Å²) in [6.45, 7) is 1.15. The first-order valence-corrected chi connectivity index (χ1v) is 8.23. The minimum Gasteiger partial charge on any atom is -0.334 e. The highest BCUT2D eigenvalue weighted by atomic mass is 79.9. The molecule has 1 aromatic carbocycles. The van der Waals surface area contributed by atoms with Crippen LogP contribution < -0.4 is 11.3 Å². The first-order chi connectivity index (χ1) is 10.6. The number of carbonyl (C=O) groups is 1. The van der Waals surface area contributed by atoms with Crippen molar-refractivity contribution in [3.8, 4) is 0 Å². The van der Waals surface area contributed by atoms with Gasteiger partial charge in [-0.25, -0.2) is 0 Å². The van der Waals surface area contributed by atoms with E-state index in [-0.39, 0.29) is 17.5 Å². The van der Waals surface area contributed by atoms with Crippen molar-refractivity contribution in [2.24, 2.45) is 5.73 Å². The summed E-state index contributed by atoms with van der Waals surface area (Å²) in [5.74, 6) is -0.107. The van der Waals surface area contributed by atoms with Crippen LogP contribution in [-0.4, -0.2) is 34.9 Å². The summed E-state index contributed by atoms with van der Waals surface area (Å²) in [5.41, 5.74) is 6.65. The number of nitrogens with zero attached hydrogens (tertiary/aromatic N) is 1. The Balaban J connectivity index is 2.10. The summed E-state index contributed by atoms with van der Waals surface area (Å²) >= 11 is 3.42. The van der Waals surface area contributed by atoms with Crippen molar-refractivity contribution < 1.29 is 4.79 Å². The van der Waals surface area contributed by atoms with Gasteiger partial charge in [0.05, 0.1) is 5.56 Å². The van der Waals surface area contributed by atoms with Crippen LogP contribution in [0.3, 0.4) is 0 Å². The van der Waals surface area contributed by atoms with Crippen LogP contribution in [0.25, 0.3) is 10.9 Å². The Labute approximate surface area is 136 Å². The van der Waals surface area contributed by atoms with Gasteiger partial charge in [-0.15, -0.1) is 0 Å². The second-order valence-corrected chi connectivity index (χ2v) is 6.54. The molecule has 1 unspecified atom stereocenters. The molecule has 1 atom stereocenters. The number of likely N-dealkylation sites (tertiary alicyclic amines) is 1. The number of H-pyrrole nitrogens is 1. The number of nitrogens with one attached hydrogen (secondary N) is 1. The second kappa shape index (κ2) is 6.22. The molecule has 6 heteroatoms. The molecule has 0 saturated carbocycles. The minimum absolute atomic E-state index is 0.0581. The lowest BCUT2D eigenvalue weighted by atomic mass is 10.00. The minimum atomic E-state index is -0.264. The highest BCUT2D eigenvalue weighted by Gasteiger charge is 2.27. The molecule has 22 heavy (non-hydrogen) atoms. The topological polar surface area (TPSA) is 79.2 Å². The number of rotatable bonds is 2. The lowest BCUT2D eigenvalue weighted by molar-refractivity contribution is 0.0625. The van der Waals surface area contributed by atoms with Crippen molar-refractivity contribution in [2.75, 3.05) is 13.1 Å². The van der Waals surface area contributed by atoms with Crippen molar-refractivity contribution in [1.29, 1.82) is 0 Å². The predicted octanol–water partition coefficient (Wildman–Crippen LogP) is 2.24. The molecule has 0 spiro atoms. The average Bonchev–Trinajstić information content (AvgIpc) is 2.53. The number of nitrogens with two attached hydrogens (primary N) is 1. The maximum absolute atomic E-state index is 12.9. The van der Waals surface area contributed by atoms with E-state index in [9.17, 15) is 9.59 Å². The summed E-state index contributed by atoms with van der Waals surface area (Å²) in [6.07, 6.45) is 2.99. The van der Waals surface area contributed by atoms with Crippen molar-refractivity contribution in [3.63, 3.8) is 0 Å². The predicted molar refractivity (Wildman–Crippen MR) is 90.0 cm³/mol. The van der Waals surface area contributed by atoms with Gasteiger partial charge in [-0.2, -0.15) is 0 Å². The quantitative estimate of drug-likeness (QED) is 0.858. The molecule has 1 aromatic heterocycles. The van der Waals surface area contributed by atoms with Crippen LogP contribution in [0, 0.1) is 0 Å². The zero-order chi connectivity index (χ0) is 15.7. The van der Waals surface area contributed by atoms with Crippen LogP contribution in [0.1, 0.15) is 29.6 Å². The molecule has 0 bridgehead atoms. The normalized spacial score (nSPS) is 18.6. The highest BCUT2D eigenvalue weighted by Crippen LogP contribution is 2.24. The lowest BCUT2D eigenvalue weighted by Crippen LogP contribution is -2.47. The molecule has 2 heterocycles. The maximum Gasteiger partial charge on any atom is 0.255 e. The molecule has 0 aliphatic carbocycles. The van der Waals surface area contributed by atoms with E-state index in [1.54, 1.807) is 6.07 Å². The molecule has 3 rings (SSSR count). The molecule has 0 radical (unpaired) electrons. The van der Waals surface area contributed by atoms with Gasteiger partial charge in [0.1, 0.15) is 0 Å². The molecule has 5 nitrogen and oxygen atoms in total. The first-order valence-electron chi connectivity index (χ1n) is 7.44. The molecule has 2 aromatic rings. The highest BCUT2D eigenvalue weighted by molar-refractivity contribution is 9.10. The van der Waals surface area contributed by atoms with Gasteiger partial charge >= 0.3 is 0 Å². The fraction of sp³-hybridized carbons (Fsp3) is 0.375. The van der Waals surface area contributed by atoms with E-state index in [1.807, 2.05) is 17.0 Å². The van der Waals surface area contributed by atoms with Crippen LogP contribution in [0.5, 0.6) is 0 Å². The molecular weight excluding hydrogens is 346 g/mol. The number of hydrogen-bond donors (Lipinski definition) is 2. The van der Waals surface area contributed by atoms with Gasteiger partial charge in [0.2, 0.25) is 5.56 Å². The van der Waals surface area contributed by atoms with Gasteiger partial charge in [0.15, 0.2) is 0 Å². The number of benzene rings is 1. The SMILES string of the molecule is NCC1CCCCN1C(=O)c1cc(=O)[nH]c2ccc(Br)cc12. The Morgan fingerprint density at radius 2 is 2.18 bits per heavy atom. The van der Waals surface area contributed by atoms with Gasteiger partial charge in [0, 0.05) is 40.6 Å². The van der Waals surface area contributed by atoms with E-state index in [0.29, 0.717) is 24.2 Å². The third-order valence-corrected chi connectivity index (χ3v) is 4.69.